The standard InChI is InChI=1S/2C5H12NO.Mg/c2*1-6(2)4-3-5-7;/h2*3-5H2,1-2H3;/q2*-1;+2. The van der Waals surface area contributed by atoms with Gasteiger partial charge < -0.3 is 20.0 Å². The molecular weight excluding hydrogens is 204 g/mol. The van der Waals surface area contributed by atoms with Gasteiger partial charge in [-0.15, -0.1) is 13.2 Å². The van der Waals surface area contributed by atoms with Crippen molar-refractivity contribution < 1.29 is 10.2 Å². The van der Waals surface area contributed by atoms with Gasteiger partial charge in [0.05, 0.1) is 0 Å². The SMILES string of the molecule is CN(C)CCC[O-].CN(C)CCC[O-].[Mg+2]. The van der Waals surface area contributed by atoms with Crippen molar-refractivity contribution in [2.45, 2.75) is 12.8 Å². The molecule has 0 aliphatic rings. The molecule has 0 unspecified atom stereocenters. The van der Waals surface area contributed by atoms with Gasteiger partial charge in [-0.25, -0.2) is 0 Å². The summed E-state index contributed by atoms with van der Waals surface area (Å²) < 4.78 is 0. The van der Waals surface area contributed by atoms with E-state index in [0.29, 0.717) is 0 Å². The minimum Gasteiger partial charge on any atom is -0.854 e. The van der Waals surface area contributed by atoms with Gasteiger partial charge in [0.1, 0.15) is 0 Å². The third-order valence-electron chi connectivity index (χ3n) is 1.50. The second kappa shape index (κ2) is 17.0. The van der Waals surface area contributed by atoms with Gasteiger partial charge in [0.25, 0.3) is 0 Å². The van der Waals surface area contributed by atoms with Crippen LogP contribution in [0, 0.1) is 0 Å². The number of hydrogen-bond acceptors (Lipinski definition) is 4. The molecule has 4 nitrogen and oxygen atoms in total. The Hall–Kier alpha value is 0.606. The predicted molar refractivity (Wildman–Crippen MR) is 61.8 cm³/mol. The van der Waals surface area contributed by atoms with E-state index in [1.54, 1.807) is 0 Å². The van der Waals surface area contributed by atoms with E-state index in [1.165, 1.54) is 0 Å². The summed E-state index contributed by atoms with van der Waals surface area (Å²) in [7, 11) is 7.87. The van der Waals surface area contributed by atoms with Crippen molar-refractivity contribution in [1.29, 1.82) is 0 Å². The molecule has 0 heterocycles. The van der Waals surface area contributed by atoms with Crippen LogP contribution in [0.1, 0.15) is 12.8 Å². The molecular formula is C10H24MgN2O2. The van der Waals surface area contributed by atoms with E-state index in [9.17, 15) is 10.2 Å². The summed E-state index contributed by atoms with van der Waals surface area (Å²) in [4.78, 5) is 4.02. The molecule has 0 N–H and O–H groups in total. The Balaban J connectivity index is -0.000000180. The van der Waals surface area contributed by atoms with Gasteiger partial charge in [-0.3, -0.25) is 0 Å². The smallest absolute Gasteiger partial charge is 0.854 e. The van der Waals surface area contributed by atoms with Gasteiger partial charge >= 0.3 is 23.1 Å². The Bertz CT molecular complexity index is 91.4. The van der Waals surface area contributed by atoms with E-state index in [1.807, 2.05) is 38.0 Å². The third-order valence-corrected chi connectivity index (χ3v) is 1.50. The van der Waals surface area contributed by atoms with Crippen molar-refractivity contribution in [2.75, 3.05) is 54.5 Å². The molecule has 0 amide bonds. The van der Waals surface area contributed by atoms with Gasteiger partial charge in [0, 0.05) is 0 Å². The molecule has 0 aromatic carbocycles. The van der Waals surface area contributed by atoms with Crippen molar-refractivity contribution in [2.24, 2.45) is 0 Å². The summed E-state index contributed by atoms with van der Waals surface area (Å²) in [6, 6.07) is 0. The second-order valence-electron chi connectivity index (χ2n) is 3.72. The average Bonchev–Trinajstić information content (AvgIpc) is 2.12. The molecule has 0 aliphatic carbocycles. The Morgan fingerprint density at radius 3 is 1.07 bits per heavy atom. The summed E-state index contributed by atoms with van der Waals surface area (Å²) in [5, 5.41) is 19.6. The summed E-state index contributed by atoms with van der Waals surface area (Å²) in [5.74, 6) is 0. The maximum atomic E-state index is 9.81. The molecule has 0 fully saturated rings. The fourth-order valence-electron chi connectivity index (χ4n) is 0.762. The molecule has 0 atom stereocenters. The summed E-state index contributed by atoms with van der Waals surface area (Å²) in [5.41, 5.74) is 0. The fraction of sp³-hybridized carbons (Fsp3) is 1.00. The monoisotopic (exact) mass is 228 g/mol. The maximum Gasteiger partial charge on any atom is 2.00 e. The van der Waals surface area contributed by atoms with Crippen molar-refractivity contribution in [3.8, 4) is 0 Å². The Morgan fingerprint density at radius 1 is 0.733 bits per heavy atom. The molecule has 0 saturated carbocycles. The summed E-state index contributed by atoms with van der Waals surface area (Å²) in [6.07, 6.45) is 1.54. The van der Waals surface area contributed by atoms with Gasteiger partial charge in [-0.1, -0.05) is 12.8 Å². The third kappa shape index (κ3) is 31.3. The molecule has 0 aromatic rings. The largest absolute Gasteiger partial charge is 2.00 e. The summed E-state index contributed by atoms with van der Waals surface area (Å²) >= 11 is 0. The molecule has 0 aromatic heterocycles. The normalized spacial score (nSPS) is 9.60. The topological polar surface area (TPSA) is 52.6 Å². The molecule has 0 spiro atoms. The molecule has 5 heteroatoms. The van der Waals surface area contributed by atoms with E-state index in [0.717, 1.165) is 25.9 Å². The quantitative estimate of drug-likeness (QED) is 0.505. The van der Waals surface area contributed by atoms with Crippen LogP contribution in [0.2, 0.25) is 0 Å². The van der Waals surface area contributed by atoms with Crippen molar-refractivity contribution in [3.05, 3.63) is 0 Å². The zero-order valence-corrected chi connectivity index (χ0v) is 12.1. The van der Waals surface area contributed by atoms with Crippen molar-refractivity contribution in [1.82, 2.24) is 9.80 Å². The van der Waals surface area contributed by atoms with Crippen LogP contribution >= 0.6 is 0 Å². The van der Waals surface area contributed by atoms with E-state index >= 15 is 0 Å². The number of rotatable bonds is 6. The first-order chi connectivity index (χ1) is 6.54. The number of nitrogens with zero attached hydrogens (tertiary/aromatic N) is 2. The first kappa shape index (κ1) is 21.0. The fourth-order valence-corrected chi connectivity index (χ4v) is 0.762. The minimum atomic E-state index is 0. The van der Waals surface area contributed by atoms with Crippen LogP contribution in [-0.2, 0) is 0 Å². The second-order valence-corrected chi connectivity index (χ2v) is 3.72. The molecule has 0 saturated heterocycles. The maximum absolute atomic E-state index is 9.81. The average molecular weight is 229 g/mol. The minimum absolute atomic E-state index is 0. The first-order valence-electron chi connectivity index (χ1n) is 5.00. The predicted octanol–water partition coefficient (Wildman–Crippen LogP) is -1.78. The van der Waals surface area contributed by atoms with Crippen LogP contribution in [0.15, 0.2) is 0 Å². The molecule has 0 rings (SSSR count). The molecule has 0 radical (unpaired) electrons. The van der Waals surface area contributed by atoms with Crippen LogP contribution in [0.3, 0.4) is 0 Å². The van der Waals surface area contributed by atoms with Gasteiger partial charge in [-0.2, -0.15) is 0 Å². The van der Waals surface area contributed by atoms with E-state index < -0.39 is 0 Å². The van der Waals surface area contributed by atoms with Crippen LogP contribution in [0.25, 0.3) is 0 Å². The molecule has 88 valence electrons. The molecule has 15 heavy (non-hydrogen) atoms. The Labute approximate surface area is 110 Å². The zero-order valence-electron chi connectivity index (χ0n) is 10.7. The van der Waals surface area contributed by atoms with Crippen LogP contribution < -0.4 is 10.2 Å². The summed E-state index contributed by atoms with van der Waals surface area (Å²) in [6.45, 7) is 1.95. The van der Waals surface area contributed by atoms with Crippen LogP contribution in [0.4, 0.5) is 0 Å². The van der Waals surface area contributed by atoms with Gasteiger partial charge in [0.15, 0.2) is 0 Å². The first-order valence-corrected chi connectivity index (χ1v) is 5.00. The Kier molecular flexibility index (Phi) is 23.8. The van der Waals surface area contributed by atoms with Crippen molar-refractivity contribution >= 4 is 23.1 Å². The van der Waals surface area contributed by atoms with E-state index in [4.69, 9.17) is 0 Å². The van der Waals surface area contributed by atoms with Crippen LogP contribution in [0.5, 0.6) is 0 Å². The zero-order chi connectivity index (χ0) is 11.4. The van der Waals surface area contributed by atoms with Gasteiger partial charge in [-0.05, 0) is 41.3 Å². The van der Waals surface area contributed by atoms with Gasteiger partial charge in [0.2, 0.25) is 0 Å². The van der Waals surface area contributed by atoms with E-state index in [-0.39, 0.29) is 36.3 Å². The molecule has 0 bridgehead atoms. The van der Waals surface area contributed by atoms with E-state index in [2.05, 4.69) is 0 Å². The molecule has 0 aliphatic heterocycles. The van der Waals surface area contributed by atoms with Crippen molar-refractivity contribution in [3.63, 3.8) is 0 Å². The Morgan fingerprint density at radius 2 is 1.00 bits per heavy atom. The van der Waals surface area contributed by atoms with Crippen LogP contribution in [-0.4, -0.2) is 87.3 Å². The number of hydrogen-bond donors (Lipinski definition) is 0.